The first-order valence-corrected chi connectivity index (χ1v) is 7.75. The molecule has 0 radical (unpaired) electrons. The molecule has 3 rings (SSSR count). The molecule has 1 saturated heterocycles. The summed E-state index contributed by atoms with van der Waals surface area (Å²) >= 11 is 1.87. The lowest BCUT2D eigenvalue weighted by Crippen LogP contribution is -2.17. The maximum Gasteiger partial charge on any atom is 0.258 e. The molecule has 2 aromatic heterocycles. The van der Waals surface area contributed by atoms with Crippen molar-refractivity contribution in [3.8, 4) is 5.88 Å². The van der Waals surface area contributed by atoms with Crippen LogP contribution in [-0.4, -0.2) is 38.5 Å². The van der Waals surface area contributed by atoms with Crippen molar-refractivity contribution in [2.45, 2.75) is 12.5 Å². The summed E-state index contributed by atoms with van der Waals surface area (Å²) in [6, 6.07) is 4.96. The van der Waals surface area contributed by atoms with Crippen LogP contribution in [0.2, 0.25) is 0 Å². The number of hydrogen-bond acceptors (Lipinski definition) is 6. The van der Waals surface area contributed by atoms with E-state index >= 15 is 0 Å². The number of ether oxygens (including phenoxy) is 1. The average molecular weight is 302 g/mol. The molecule has 108 valence electrons. The highest BCUT2D eigenvalue weighted by Gasteiger charge is 2.18. The smallest absolute Gasteiger partial charge is 0.258 e. The van der Waals surface area contributed by atoms with Crippen molar-refractivity contribution in [2.75, 3.05) is 16.8 Å². The molecule has 2 aromatic rings. The van der Waals surface area contributed by atoms with E-state index in [1.54, 1.807) is 36.8 Å². The fourth-order valence-corrected chi connectivity index (χ4v) is 3.02. The Hall–Kier alpha value is -2.15. The van der Waals surface area contributed by atoms with Crippen molar-refractivity contribution in [3.05, 3.63) is 42.4 Å². The number of anilines is 1. The maximum atomic E-state index is 12.1. The van der Waals surface area contributed by atoms with Crippen LogP contribution in [0.1, 0.15) is 16.8 Å². The molecule has 0 unspecified atom stereocenters. The maximum absolute atomic E-state index is 12.1. The Morgan fingerprint density at radius 3 is 2.90 bits per heavy atom. The van der Waals surface area contributed by atoms with Gasteiger partial charge in [-0.15, -0.1) is 0 Å². The second-order valence-electron chi connectivity index (χ2n) is 4.51. The van der Waals surface area contributed by atoms with Crippen LogP contribution in [-0.2, 0) is 0 Å². The molecule has 7 heteroatoms. The van der Waals surface area contributed by atoms with Gasteiger partial charge in [-0.3, -0.25) is 10.1 Å². The van der Waals surface area contributed by atoms with Gasteiger partial charge in [0.15, 0.2) is 0 Å². The number of nitrogens with one attached hydrogen (secondary N) is 1. The Labute approximate surface area is 126 Å². The van der Waals surface area contributed by atoms with E-state index in [0.717, 1.165) is 17.9 Å². The molecule has 1 amide bonds. The zero-order valence-electron chi connectivity index (χ0n) is 11.2. The molecule has 1 atom stereocenters. The first kappa shape index (κ1) is 13.8. The van der Waals surface area contributed by atoms with Gasteiger partial charge in [0.2, 0.25) is 11.8 Å². The number of rotatable bonds is 4. The number of amides is 1. The quantitative estimate of drug-likeness (QED) is 0.931. The van der Waals surface area contributed by atoms with Gasteiger partial charge in [0.1, 0.15) is 6.10 Å². The van der Waals surface area contributed by atoms with Gasteiger partial charge >= 0.3 is 0 Å². The highest BCUT2D eigenvalue weighted by atomic mass is 32.2. The van der Waals surface area contributed by atoms with E-state index in [1.165, 1.54) is 0 Å². The van der Waals surface area contributed by atoms with Gasteiger partial charge in [-0.25, -0.2) is 15.0 Å². The van der Waals surface area contributed by atoms with Gasteiger partial charge in [0.25, 0.3) is 5.91 Å². The normalized spacial score (nSPS) is 17.4. The third-order valence-corrected chi connectivity index (χ3v) is 4.10. The fraction of sp³-hybridized carbons (Fsp3) is 0.286. The Kier molecular flexibility index (Phi) is 4.30. The zero-order chi connectivity index (χ0) is 14.5. The van der Waals surface area contributed by atoms with Crippen LogP contribution in [0.3, 0.4) is 0 Å². The van der Waals surface area contributed by atoms with Crippen LogP contribution >= 0.6 is 11.8 Å². The summed E-state index contributed by atoms with van der Waals surface area (Å²) in [5.74, 6) is 2.54. The second-order valence-corrected chi connectivity index (χ2v) is 5.66. The third kappa shape index (κ3) is 3.69. The Morgan fingerprint density at radius 1 is 1.29 bits per heavy atom. The number of aromatic nitrogens is 3. The van der Waals surface area contributed by atoms with Crippen LogP contribution in [0, 0.1) is 0 Å². The first-order chi connectivity index (χ1) is 10.3. The summed E-state index contributed by atoms with van der Waals surface area (Å²) in [4.78, 5) is 24.2. The fourth-order valence-electron chi connectivity index (χ4n) is 1.93. The summed E-state index contributed by atoms with van der Waals surface area (Å²) in [5.41, 5.74) is 0.470. The van der Waals surface area contributed by atoms with Crippen molar-refractivity contribution in [1.29, 1.82) is 0 Å². The SMILES string of the molecule is O=C(Nc1ncccn1)c1ccnc(O[C@H]2CCSC2)c1. The van der Waals surface area contributed by atoms with Crippen molar-refractivity contribution in [2.24, 2.45) is 0 Å². The van der Waals surface area contributed by atoms with Crippen LogP contribution in [0.5, 0.6) is 5.88 Å². The summed E-state index contributed by atoms with van der Waals surface area (Å²) in [6.45, 7) is 0. The van der Waals surface area contributed by atoms with Crippen molar-refractivity contribution < 1.29 is 9.53 Å². The monoisotopic (exact) mass is 302 g/mol. The van der Waals surface area contributed by atoms with E-state index in [2.05, 4.69) is 20.3 Å². The molecule has 0 aliphatic carbocycles. The molecular weight excluding hydrogens is 288 g/mol. The van der Waals surface area contributed by atoms with E-state index in [4.69, 9.17) is 4.74 Å². The van der Waals surface area contributed by atoms with Gasteiger partial charge in [-0.2, -0.15) is 11.8 Å². The lowest BCUT2D eigenvalue weighted by atomic mass is 10.2. The number of pyridine rings is 1. The van der Waals surface area contributed by atoms with E-state index in [1.807, 2.05) is 11.8 Å². The summed E-state index contributed by atoms with van der Waals surface area (Å²) in [5, 5.41) is 2.63. The molecule has 6 nitrogen and oxygen atoms in total. The standard InChI is InChI=1S/C14H14N4O2S/c19-13(18-14-16-4-1-5-17-14)10-2-6-15-12(8-10)20-11-3-7-21-9-11/h1-2,4-6,8,11H,3,7,9H2,(H,16,17,18,19)/t11-/m0/s1. The number of thioether (sulfide) groups is 1. The van der Waals surface area contributed by atoms with Crippen LogP contribution in [0.4, 0.5) is 5.95 Å². The lowest BCUT2D eigenvalue weighted by Gasteiger charge is -2.11. The number of carbonyl (C=O) groups excluding carboxylic acids is 1. The van der Waals surface area contributed by atoms with E-state index in [9.17, 15) is 4.79 Å². The molecule has 21 heavy (non-hydrogen) atoms. The van der Waals surface area contributed by atoms with Crippen molar-refractivity contribution >= 4 is 23.6 Å². The topological polar surface area (TPSA) is 77.0 Å². The Balaban J connectivity index is 1.68. The summed E-state index contributed by atoms with van der Waals surface area (Å²) in [6.07, 6.45) is 5.90. The van der Waals surface area contributed by atoms with E-state index in [0.29, 0.717) is 11.4 Å². The Morgan fingerprint density at radius 2 is 2.14 bits per heavy atom. The van der Waals surface area contributed by atoms with Crippen molar-refractivity contribution in [1.82, 2.24) is 15.0 Å². The molecular formula is C14H14N4O2S. The second kappa shape index (κ2) is 6.53. The summed E-state index contributed by atoms with van der Waals surface area (Å²) < 4.78 is 5.77. The van der Waals surface area contributed by atoms with Gasteiger partial charge in [-0.1, -0.05) is 0 Å². The predicted octanol–water partition coefficient (Wildman–Crippen LogP) is 2.01. The van der Waals surface area contributed by atoms with Gasteiger partial charge in [0.05, 0.1) is 0 Å². The molecule has 1 fully saturated rings. The largest absolute Gasteiger partial charge is 0.473 e. The van der Waals surface area contributed by atoms with Crippen LogP contribution in [0.15, 0.2) is 36.8 Å². The first-order valence-electron chi connectivity index (χ1n) is 6.60. The average Bonchev–Trinajstić information content (AvgIpc) is 3.01. The molecule has 1 N–H and O–H groups in total. The molecule has 0 aromatic carbocycles. The lowest BCUT2D eigenvalue weighted by molar-refractivity contribution is 0.102. The number of carbonyl (C=O) groups is 1. The minimum Gasteiger partial charge on any atom is -0.473 e. The minimum atomic E-state index is -0.283. The molecule has 0 spiro atoms. The molecule has 0 bridgehead atoms. The minimum absolute atomic E-state index is 0.179. The molecule has 0 saturated carbocycles. The predicted molar refractivity (Wildman–Crippen MR) is 80.6 cm³/mol. The highest BCUT2D eigenvalue weighted by molar-refractivity contribution is 7.99. The van der Waals surface area contributed by atoms with Gasteiger partial charge in [0, 0.05) is 36.0 Å². The van der Waals surface area contributed by atoms with Crippen LogP contribution in [0.25, 0.3) is 0 Å². The number of nitrogens with zero attached hydrogens (tertiary/aromatic N) is 3. The number of hydrogen-bond donors (Lipinski definition) is 1. The Bertz CT molecular complexity index is 617. The van der Waals surface area contributed by atoms with Gasteiger partial charge < -0.3 is 4.74 Å². The summed E-state index contributed by atoms with van der Waals surface area (Å²) in [7, 11) is 0. The van der Waals surface area contributed by atoms with Crippen molar-refractivity contribution in [3.63, 3.8) is 0 Å². The van der Waals surface area contributed by atoms with E-state index < -0.39 is 0 Å². The van der Waals surface area contributed by atoms with Gasteiger partial charge in [-0.05, 0) is 24.3 Å². The third-order valence-electron chi connectivity index (χ3n) is 2.96. The van der Waals surface area contributed by atoms with E-state index in [-0.39, 0.29) is 18.0 Å². The van der Waals surface area contributed by atoms with Crippen LogP contribution < -0.4 is 10.1 Å². The molecule has 1 aliphatic heterocycles. The zero-order valence-corrected chi connectivity index (χ0v) is 12.0. The highest BCUT2D eigenvalue weighted by Crippen LogP contribution is 2.22. The molecule has 3 heterocycles. The molecule has 1 aliphatic rings.